The lowest BCUT2D eigenvalue weighted by molar-refractivity contribution is 0.0775. The maximum Gasteiger partial charge on any atom is 0.320 e. The van der Waals surface area contributed by atoms with Crippen LogP contribution in [0.5, 0.6) is 23.0 Å². The number of urea groups is 1. The highest BCUT2D eigenvalue weighted by Crippen LogP contribution is 2.33. The molecule has 1 saturated carbocycles. The van der Waals surface area contributed by atoms with Gasteiger partial charge < -0.3 is 34.0 Å². The van der Waals surface area contributed by atoms with Crippen LogP contribution in [0.15, 0.2) is 54.7 Å². The molecule has 2 aromatic carbocycles. The number of pyridine rings is 1. The molecule has 3 aliphatic rings. The number of ether oxygens (including phenoxy) is 3. The van der Waals surface area contributed by atoms with Crippen molar-refractivity contribution >= 4 is 24.5 Å². The van der Waals surface area contributed by atoms with Gasteiger partial charge in [-0.2, -0.15) is 0 Å². The molecule has 2 atom stereocenters. The van der Waals surface area contributed by atoms with Gasteiger partial charge in [-0.15, -0.1) is 0 Å². The summed E-state index contributed by atoms with van der Waals surface area (Å²) in [4.78, 5) is 60.1. The molecule has 3 amide bonds. The average Bonchev–Trinajstić information content (AvgIpc) is 3.63. The maximum absolute atomic E-state index is 13.5. The highest BCUT2D eigenvalue weighted by Gasteiger charge is 2.40. The standard InChI is InChI=1S/C35H38N4O8/c1-37(24-12-13-24)34(43)33-23(7-6-14-36-33)21-45-31-10-5-11-32(28(31)20-41)47-26-17-25(39(18-26)35(44)38-15-2-3-16-38)22-46-30-9-4-8-29(42)27(30)19-40/h4-11,14,19-20,24-26,42H,2-3,12-13,15-18,21-22H2,1H3. The van der Waals surface area contributed by atoms with Crippen molar-refractivity contribution in [3.63, 3.8) is 0 Å². The Bertz CT molecular complexity index is 1640. The Morgan fingerprint density at radius 1 is 0.957 bits per heavy atom. The first kappa shape index (κ1) is 31.8. The molecular weight excluding hydrogens is 604 g/mol. The third-order valence-corrected chi connectivity index (χ3v) is 8.92. The maximum atomic E-state index is 13.5. The van der Waals surface area contributed by atoms with Crippen LogP contribution in [0.2, 0.25) is 0 Å². The van der Waals surface area contributed by atoms with E-state index in [1.54, 1.807) is 65.5 Å². The minimum absolute atomic E-state index is 0.0243. The SMILES string of the molecule is CN(C(=O)c1ncccc1COc1cccc(OC2CC(COc3cccc(O)c3C=O)N(C(=O)N3CCCC3)C2)c1C=O)C1CC1. The zero-order valence-electron chi connectivity index (χ0n) is 26.2. The van der Waals surface area contributed by atoms with E-state index in [-0.39, 0.29) is 66.4 Å². The topological polar surface area (TPSA) is 139 Å². The predicted molar refractivity (Wildman–Crippen MR) is 170 cm³/mol. The van der Waals surface area contributed by atoms with Gasteiger partial charge >= 0.3 is 6.03 Å². The van der Waals surface area contributed by atoms with Crippen LogP contribution in [-0.2, 0) is 6.61 Å². The largest absolute Gasteiger partial charge is 0.507 e. The van der Waals surface area contributed by atoms with Gasteiger partial charge in [0.05, 0.1) is 23.7 Å². The summed E-state index contributed by atoms with van der Waals surface area (Å²) in [5.74, 6) is 0.478. The number of benzene rings is 2. The normalized spacial score (nSPS) is 18.9. The number of aromatic hydroxyl groups is 1. The van der Waals surface area contributed by atoms with Crippen molar-refractivity contribution in [1.82, 2.24) is 19.7 Å². The van der Waals surface area contributed by atoms with E-state index in [2.05, 4.69) is 4.98 Å². The van der Waals surface area contributed by atoms with Crippen molar-refractivity contribution in [2.45, 2.75) is 56.9 Å². The van der Waals surface area contributed by atoms with E-state index in [0.717, 1.165) is 25.7 Å². The molecule has 0 spiro atoms. The van der Waals surface area contributed by atoms with E-state index in [1.807, 2.05) is 4.90 Å². The second kappa shape index (κ2) is 14.1. The van der Waals surface area contributed by atoms with Gasteiger partial charge in [-0.3, -0.25) is 19.4 Å². The summed E-state index contributed by atoms with van der Waals surface area (Å²) < 4.78 is 18.4. The lowest BCUT2D eigenvalue weighted by Crippen LogP contribution is -2.46. The molecule has 3 aromatic rings. The average molecular weight is 643 g/mol. The number of carbonyl (C=O) groups is 4. The van der Waals surface area contributed by atoms with Crippen LogP contribution in [-0.4, -0.2) is 101 Å². The summed E-state index contributed by atoms with van der Waals surface area (Å²) in [5.41, 5.74) is 1.18. The molecule has 2 unspecified atom stereocenters. The van der Waals surface area contributed by atoms with Crippen molar-refractivity contribution in [3.05, 3.63) is 77.1 Å². The molecule has 246 valence electrons. The summed E-state index contributed by atoms with van der Waals surface area (Å²) in [5, 5.41) is 10.1. The first-order chi connectivity index (χ1) is 22.9. The smallest absolute Gasteiger partial charge is 0.320 e. The third kappa shape index (κ3) is 7.01. The number of nitrogens with zero attached hydrogens (tertiary/aromatic N) is 4. The zero-order chi connectivity index (χ0) is 32.9. The zero-order valence-corrected chi connectivity index (χ0v) is 26.2. The van der Waals surface area contributed by atoms with Crippen molar-refractivity contribution < 1.29 is 38.5 Å². The van der Waals surface area contributed by atoms with Gasteiger partial charge in [0.25, 0.3) is 5.91 Å². The first-order valence-corrected chi connectivity index (χ1v) is 15.9. The molecule has 1 aromatic heterocycles. The Hall–Kier alpha value is -5.13. The van der Waals surface area contributed by atoms with E-state index in [4.69, 9.17) is 14.2 Å². The van der Waals surface area contributed by atoms with Crippen LogP contribution in [0.4, 0.5) is 4.79 Å². The van der Waals surface area contributed by atoms with Crippen molar-refractivity contribution in [2.75, 3.05) is 33.3 Å². The Balaban J connectivity index is 1.17. The molecule has 3 fully saturated rings. The molecule has 0 radical (unpaired) electrons. The number of carbonyl (C=O) groups excluding carboxylic acids is 4. The monoisotopic (exact) mass is 642 g/mol. The van der Waals surface area contributed by atoms with E-state index in [1.165, 1.54) is 6.07 Å². The minimum Gasteiger partial charge on any atom is -0.507 e. The lowest BCUT2D eigenvalue weighted by Gasteiger charge is -2.29. The van der Waals surface area contributed by atoms with E-state index in [9.17, 15) is 24.3 Å². The summed E-state index contributed by atoms with van der Waals surface area (Å²) in [7, 11) is 1.78. The molecule has 47 heavy (non-hydrogen) atoms. The van der Waals surface area contributed by atoms with Crippen molar-refractivity contribution in [1.29, 1.82) is 0 Å². The van der Waals surface area contributed by atoms with E-state index in [0.29, 0.717) is 54.8 Å². The van der Waals surface area contributed by atoms with Crippen molar-refractivity contribution in [3.8, 4) is 23.0 Å². The van der Waals surface area contributed by atoms with Gasteiger partial charge in [-0.25, -0.2) is 4.79 Å². The van der Waals surface area contributed by atoms with Gasteiger partial charge in [-0.1, -0.05) is 18.2 Å². The fraction of sp³-hybridized carbons (Fsp3) is 0.400. The Morgan fingerprint density at radius 3 is 2.38 bits per heavy atom. The number of aromatic nitrogens is 1. The lowest BCUT2D eigenvalue weighted by atomic mass is 10.1. The quantitative estimate of drug-likeness (QED) is 0.286. The van der Waals surface area contributed by atoms with E-state index < -0.39 is 6.10 Å². The summed E-state index contributed by atoms with van der Waals surface area (Å²) in [6.07, 6.45) is 6.57. The van der Waals surface area contributed by atoms with Gasteiger partial charge in [-0.05, 0) is 56.0 Å². The van der Waals surface area contributed by atoms with Crippen LogP contribution in [0.25, 0.3) is 0 Å². The van der Waals surface area contributed by atoms with Crippen LogP contribution < -0.4 is 14.2 Å². The van der Waals surface area contributed by atoms with Crippen LogP contribution in [0.3, 0.4) is 0 Å². The molecule has 1 N–H and O–H groups in total. The summed E-state index contributed by atoms with van der Waals surface area (Å²) in [6.45, 7) is 1.72. The highest BCUT2D eigenvalue weighted by molar-refractivity contribution is 5.94. The van der Waals surface area contributed by atoms with Crippen LogP contribution in [0, 0.1) is 0 Å². The van der Waals surface area contributed by atoms with Crippen molar-refractivity contribution in [2.24, 2.45) is 0 Å². The Labute approximate surface area is 272 Å². The van der Waals surface area contributed by atoms with Crippen LogP contribution in [0.1, 0.15) is 68.9 Å². The molecular formula is C35H38N4O8. The number of aldehydes is 2. The summed E-state index contributed by atoms with van der Waals surface area (Å²) in [6, 6.07) is 12.9. The molecule has 1 aliphatic carbocycles. The number of hydrogen-bond acceptors (Lipinski definition) is 9. The first-order valence-electron chi connectivity index (χ1n) is 15.9. The third-order valence-electron chi connectivity index (χ3n) is 8.92. The summed E-state index contributed by atoms with van der Waals surface area (Å²) >= 11 is 0. The second-order valence-electron chi connectivity index (χ2n) is 12.1. The number of amides is 3. The fourth-order valence-corrected chi connectivity index (χ4v) is 6.15. The minimum atomic E-state index is -0.459. The molecule has 12 heteroatoms. The number of phenols is 1. The molecule has 2 aliphatic heterocycles. The molecule has 12 nitrogen and oxygen atoms in total. The molecule has 0 bridgehead atoms. The van der Waals surface area contributed by atoms with Gasteiger partial charge in [0.1, 0.15) is 48.0 Å². The molecule has 2 saturated heterocycles. The number of likely N-dealkylation sites (tertiary alicyclic amines) is 2. The van der Waals surface area contributed by atoms with Gasteiger partial charge in [0.2, 0.25) is 0 Å². The number of rotatable bonds is 12. The number of phenolic OH excluding ortho intramolecular Hbond substituents is 1. The van der Waals surface area contributed by atoms with E-state index >= 15 is 0 Å². The fourth-order valence-electron chi connectivity index (χ4n) is 6.15. The molecule has 6 rings (SSSR count). The van der Waals surface area contributed by atoms with Gasteiger partial charge in [0, 0.05) is 44.4 Å². The van der Waals surface area contributed by atoms with Gasteiger partial charge in [0.15, 0.2) is 12.6 Å². The highest BCUT2D eigenvalue weighted by atomic mass is 16.5. The number of hydrogen-bond donors (Lipinski definition) is 1. The predicted octanol–water partition coefficient (Wildman–Crippen LogP) is 4.34. The Kier molecular flexibility index (Phi) is 9.55. The Morgan fingerprint density at radius 2 is 1.66 bits per heavy atom. The second-order valence-corrected chi connectivity index (χ2v) is 12.1. The molecule has 3 heterocycles. The van der Waals surface area contributed by atoms with Crippen LogP contribution >= 0.6 is 0 Å².